The van der Waals surface area contributed by atoms with Gasteiger partial charge in [-0.15, -0.1) is 6.58 Å². The molecule has 2 heterocycles. The van der Waals surface area contributed by atoms with Gasteiger partial charge in [0.05, 0.1) is 0 Å². The lowest BCUT2D eigenvalue weighted by Crippen LogP contribution is -2.40. The van der Waals surface area contributed by atoms with Gasteiger partial charge < -0.3 is 24.4 Å². The van der Waals surface area contributed by atoms with Crippen LogP contribution in [-0.2, 0) is 14.2 Å². The lowest BCUT2D eigenvalue weighted by atomic mass is 10.1. The van der Waals surface area contributed by atoms with Gasteiger partial charge in [0.25, 0.3) is 0 Å². The van der Waals surface area contributed by atoms with E-state index >= 15 is 0 Å². The van der Waals surface area contributed by atoms with Gasteiger partial charge in [-0.05, 0) is 13.8 Å². The Balaban J connectivity index is 2.08. The van der Waals surface area contributed by atoms with Crippen molar-refractivity contribution in [3.63, 3.8) is 0 Å². The van der Waals surface area contributed by atoms with Crippen molar-refractivity contribution in [2.24, 2.45) is 0 Å². The molecule has 0 aliphatic carbocycles. The molecule has 5 atom stereocenters. The summed E-state index contributed by atoms with van der Waals surface area (Å²) in [5.74, 6) is -0.750. The number of aliphatic hydroxyl groups is 2. The Bertz CT molecular complexity index is 265. The zero-order valence-corrected chi connectivity index (χ0v) is 8.79. The van der Waals surface area contributed by atoms with Crippen LogP contribution < -0.4 is 0 Å². The predicted octanol–water partition coefficient (Wildman–Crippen LogP) is -0.229. The summed E-state index contributed by atoms with van der Waals surface area (Å²) in [4.78, 5) is 0. The van der Waals surface area contributed by atoms with Gasteiger partial charge in [0.15, 0.2) is 12.1 Å². The van der Waals surface area contributed by atoms with Crippen molar-refractivity contribution in [2.45, 2.75) is 50.3 Å². The third kappa shape index (κ3) is 1.81. The number of fused-ring (bicyclic) bond motifs is 1. The van der Waals surface area contributed by atoms with Crippen LogP contribution in [0.5, 0.6) is 0 Å². The number of hydrogen-bond acceptors (Lipinski definition) is 5. The highest BCUT2D eigenvalue weighted by Crippen LogP contribution is 2.38. The Kier molecular flexibility index (Phi) is 2.60. The molecule has 0 amide bonds. The average Bonchev–Trinajstić information content (AvgIpc) is 2.60. The van der Waals surface area contributed by atoms with Gasteiger partial charge >= 0.3 is 0 Å². The maximum absolute atomic E-state index is 9.86. The smallest absolute Gasteiger partial charge is 0.190 e. The van der Waals surface area contributed by atoms with Crippen molar-refractivity contribution < 1.29 is 24.4 Å². The van der Waals surface area contributed by atoms with Crippen LogP contribution in [-0.4, -0.2) is 46.7 Å². The largest absolute Gasteiger partial charge is 0.387 e. The molecule has 5 nitrogen and oxygen atoms in total. The van der Waals surface area contributed by atoms with E-state index in [2.05, 4.69) is 6.58 Å². The summed E-state index contributed by atoms with van der Waals surface area (Å²) >= 11 is 0. The molecule has 0 radical (unpaired) electrons. The molecule has 0 spiro atoms. The predicted molar refractivity (Wildman–Crippen MR) is 50.9 cm³/mol. The van der Waals surface area contributed by atoms with Crippen molar-refractivity contribution in [2.75, 3.05) is 0 Å². The average molecular weight is 216 g/mol. The summed E-state index contributed by atoms with van der Waals surface area (Å²) < 4.78 is 16.3. The first-order valence-electron chi connectivity index (χ1n) is 4.94. The van der Waals surface area contributed by atoms with E-state index in [9.17, 15) is 10.2 Å². The molecule has 0 saturated carbocycles. The summed E-state index contributed by atoms with van der Waals surface area (Å²) in [5, 5.41) is 19.4. The van der Waals surface area contributed by atoms with Crippen LogP contribution in [0, 0.1) is 0 Å². The molecule has 86 valence electrons. The number of aliphatic hydroxyl groups excluding tert-OH is 2. The molecule has 2 fully saturated rings. The van der Waals surface area contributed by atoms with Gasteiger partial charge in [0.1, 0.15) is 24.4 Å². The normalized spacial score (nSPS) is 45.1. The molecule has 0 aromatic rings. The molecule has 5 heteroatoms. The summed E-state index contributed by atoms with van der Waals surface area (Å²) in [5.41, 5.74) is 0. The highest BCUT2D eigenvalue weighted by molar-refractivity contribution is 4.99. The maximum Gasteiger partial charge on any atom is 0.190 e. The molecule has 2 aliphatic rings. The summed E-state index contributed by atoms with van der Waals surface area (Å²) in [6.07, 6.45) is -2.38. The van der Waals surface area contributed by atoms with Gasteiger partial charge in [-0.1, -0.05) is 6.08 Å². The molecule has 2 saturated heterocycles. The maximum atomic E-state index is 9.86. The van der Waals surface area contributed by atoms with Crippen molar-refractivity contribution >= 4 is 0 Å². The highest BCUT2D eigenvalue weighted by atomic mass is 16.8. The Morgan fingerprint density at radius 1 is 1.40 bits per heavy atom. The van der Waals surface area contributed by atoms with Crippen LogP contribution in [0.1, 0.15) is 13.8 Å². The number of rotatable bonds is 2. The van der Waals surface area contributed by atoms with Gasteiger partial charge in [0.2, 0.25) is 0 Å². The van der Waals surface area contributed by atoms with Gasteiger partial charge in [0, 0.05) is 0 Å². The van der Waals surface area contributed by atoms with Crippen LogP contribution in [0.25, 0.3) is 0 Å². The molecule has 0 aromatic heterocycles. The van der Waals surface area contributed by atoms with Crippen molar-refractivity contribution in [1.29, 1.82) is 0 Å². The summed E-state index contributed by atoms with van der Waals surface area (Å²) in [6, 6.07) is 0. The second-order valence-electron chi connectivity index (χ2n) is 4.29. The van der Waals surface area contributed by atoms with E-state index in [1.54, 1.807) is 13.8 Å². The second kappa shape index (κ2) is 3.54. The van der Waals surface area contributed by atoms with Gasteiger partial charge in [-0.2, -0.15) is 0 Å². The van der Waals surface area contributed by atoms with Crippen molar-refractivity contribution in [3.05, 3.63) is 12.7 Å². The van der Waals surface area contributed by atoms with Crippen molar-refractivity contribution in [1.82, 2.24) is 0 Å². The Morgan fingerprint density at radius 3 is 2.60 bits per heavy atom. The van der Waals surface area contributed by atoms with Gasteiger partial charge in [-0.25, -0.2) is 0 Å². The zero-order chi connectivity index (χ0) is 11.2. The fraction of sp³-hybridized carbons (Fsp3) is 0.800. The highest BCUT2D eigenvalue weighted by Gasteiger charge is 2.55. The van der Waals surface area contributed by atoms with Crippen LogP contribution in [0.2, 0.25) is 0 Å². The van der Waals surface area contributed by atoms with E-state index in [0.29, 0.717) is 0 Å². The standard InChI is InChI=1S/C10H16O5/c1-4-5(11)7-6(12)8-9(13-7)15-10(2,3)14-8/h4-9,11-12H,1H2,2-3H3/t5-,6-,7+,8+,9+/m0/s1. The lowest BCUT2D eigenvalue weighted by molar-refractivity contribution is -0.222. The Morgan fingerprint density at radius 2 is 2.07 bits per heavy atom. The SMILES string of the molecule is C=C[C@H](O)[C@H]1O[C@@H]2OC(C)(C)O[C@@H]2[C@H]1O. The van der Waals surface area contributed by atoms with Gasteiger partial charge in [-0.3, -0.25) is 0 Å². The first kappa shape index (κ1) is 11.0. The lowest BCUT2D eigenvalue weighted by Gasteiger charge is -2.24. The summed E-state index contributed by atoms with van der Waals surface area (Å²) in [6.45, 7) is 6.94. The first-order valence-corrected chi connectivity index (χ1v) is 4.94. The minimum atomic E-state index is -0.916. The fourth-order valence-electron chi connectivity index (χ4n) is 1.93. The molecule has 2 N–H and O–H groups in total. The summed E-state index contributed by atoms with van der Waals surface area (Å²) in [7, 11) is 0. The second-order valence-corrected chi connectivity index (χ2v) is 4.29. The first-order chi connectivity index (χ1) is 6.94. The Hall–Kier alpha value is -0.460. The number of hydrogen-bond donors (Lipinski definition) is 2. The monoisotopic (exact) mass is 216 g/mol. The molecule has 2 aliphatic heterocycles. The van der Waals surface area contributed by atoms with Crippen LogP contribution in [0.15, 0.2) is 12.7 Å². The minimum absolute atomic E-state index is 0.542. The molecule has 0 aromatic carbocycles. The quantitative estimate of drug-likeness (QED) is 0.624. The van der Waals surface area contributed by atoms with E-state index in [1.165, 1.54) is 6.08 Å². The van der Waals surface area contributed by atoms with Crippen molar-refractivity contribution in [3.8, 4) is 0 Å². The molecule has 0 unspecified atom stereocenters. The minimum Gasteiger partial charge on any atom is -0.387 e. The molecular formula is C10H16O5. The van der Waals surface area contributed by atoms with E-state index in [-0.39, 0.29) is 0 Å². The molecule has 2 rings (SSSR count). The van der Waals surface area contributed by atoms with Crippen LogP contribution in [0.3, 0.4) is 0 Å². The molecule has 0 bridgehead atoms. The molecular weight excluding hydrogens is 200 g/mol. The zero-order valence-electron chi connectivity index (χ0n) is 8.79. The topological polar surface area (TPSA) is 68.2 Å². The Labute approximate surface area is 88.3 Å². The van der Waals surface area contributed by atoms with E-state index in [0.717, 1.165) is 0 Å². The van der Waals surface area contributed by atoms with E-state index in [1.807, 2.05) is 0 Å². The van der Waals surface area contributed by atoms with Crippen LogP contribution in [0.4, 0.5) is 0 Å². The fourth-order valence-corrected chi connectivity index (χ4v) is 1.93. The van der Waals surface area contributed by atoms with E-state index < -0.39 is 36.5 Å². The molecule has 15 heavy (non-hydrogen) atoms. The van der Waals surface area contributed by atoms with Crippen LogP contribution >= 0.6 is 0 Å². The van der Waals surface area contributed by atoms with E-state index in [4.69, 9.17) is 14.2 Å². The number of ether oxygens (including phenoxy) is 3. The third-order valence-corrected chi connectivity index (χ3v) is 2.63. The third-order valence-electron chi connectivity index (χ3n) is 2.63.